The summed E-state index contributed by atoms with van der Waals surface area (Å²) in [4.78, 5) is 34.1. The third-order valence-electron chi connectivity index (χ3n) is 8.56. The first kappa shape index (κ1) is 36.9. The SMILES string of the molecule is CCCCCCCCCCCC(=O)Nc1ccc(-c2ccnc(-c3ccc(NC(=O)CCCCCCCCCCC)cc3)n2)cc1. The topological polar surface area (TPSA) is 84.0 Å². The van der Waals surface area contributed by atoms with Gasteiger partial charge in [0.15, 0.2) is 5.82 Å². The molecule has 1 heterocycles. The van der Waals surface area contributed by atoms with Crippen LogP contribution in [0.1, 0.15) is 142 Å². The highest BCUT2D eigenvalue weighted by atomic mass is 16.2. The first-order valence-corrected chi connectivity index (χ1v) is 18.2. The average Bonchev–Trinajstić information content (AvgIpc) is 3.07. The van der Waals surface area contributed by atoms with Crippen LogP contribution < -0.4 is 10.6 Å². The van der Waals surface area contributed by atoms with Crippen LogP contribution in [0.3, 0.4) is 0 Å². The van der Waals surface area contributed by atoms with Crippen LogP contribution in [0.5, 0.6) is 0 Å². The number of carbonyl (C=O) groups excluding carboxylic acids is 2. The second kappa shape index (κ2) is 22.9. The molecule has 2 aromatic carbocycles. The summed E-state index contributed by atoms with van der Waals surface area (Å²) in [5.41, 5.74) is 4.25. The number of unbranched alkanes of at least 4 members (excludes halogenated alkanes) is 16. The van der Waals surface area contributed by atoms with E-state index in [0.717, 1.165) is 53.9 Å². The molecule has 0 atom stereocenters. The molecule has 0 saturated carbocycles. The molecule has 0 unspecified atom stereocenters. The Morgan fingerprint density at radius 3 is 1.33 bits per heavy atom. The van der Waals surface area contributed by atoms with Crippen LogP contribution in [0.2, 0.25) is 0 Å². The van der Waals surface area contributed by atoms with Gasteiger partial charge in [0, 0.05) is 41.5 Å². The minimum Gasteiger partial charge on any atom is -0.326 e. The standard InChI is InChI=1S/C40H58N4O2/c1-3-5-7-9-11-13-15-17-19-21-38(45)42-35-27-23-33(24-28-35)37-31-32-41-40(44-37)34-25-29-36(30-26-34)43-39(46)22-20-18-16-14-12-10-8-6-4-2/h23-32H,3-22H2,1-2H3,(H,42,45)(H,43,46). The predicted octanol–water partition coefficient (Wildman–Crippen LogP) is 11.5. The number of rotatable bonds is 24. The fourth-order valence-electron chi connectivity index (χ4n) is 5.72. The highest BCUT2D eigenvalue weighted by Gasteiger charge is 2.08. The van der Waals surface area contributed by atoms with E-state index in [1.165, 1.54) is 89.9 Å². The number of amides is 2. The maximum Gasteiger partial charge on any atom is 0.224 e. The number of benzene rings is 2. The summed E-state index contributed by atoms with van der Waals surface area (Å²) in [5.74, 6) is 0.767. The molecule has 2 amide bonds. The van der Waals surface area contributed by atoms with E-state index in [4.69, 9.17) is 4.98 Å². The number of carbonyl (C=O) groups is 2. The van der Waals surface area contributed by atoms with Crippen molar-refractivity contribution in [2.24, 2.45) is 0 Å². The molecule has 250 valence electrons. The molecular weight excluding hydrogens is 568 g/mol. The van der Waals surface area contributed by atoms with Gasteiger partial charge in [-0.25, -0.2) is 9.97 Å². The molecule has 46 heavy (non-hydrogen) atoms. The minimum atomic E-state index is 0.0667. The number of hydrogen-bond donors (Lipinski definition) is 2. The summed E-state index contributed by atoms with van der Waals surface area (Å²) in [6.07, 6.45) is 25.3. The maximum atomic E-state index is 12.4. The smallest absolute Gasteiger partial charge is 0.224 e. The van der Waals surface area contributed by atoms with E-state index in [1.807, 2.05) is 54.6 Å². The molecule has 0 aliphatic heterocycles. The van der Waals surface area contributed by atoms with E-state index in [2.05, 4.69) is 29.5 Å². The normalized spacial score (nSPS) is 11.0. The number of anilines is 2. The van der Waals surface area contributed by atoms with Crippen LogP contribution in [0.15, 0.2) is 60.8 Å². The molecule has 0 saturated heterocycles. The van der Waals surface area contributed by atoms with E-state index in [-0.39, 0.29) is 11.8 Å². The molecule has 2 N–H and O–H groups in total. The Hall–Kier alpha value is -3.54. The number of hydrogen-bond acceptors (Lipinski definition) is 4. The van der Waals surface area contributed by atoms with Crippen molar-refractivity contribution >= 4 is 23.2 Å². The summed E-state index contributed by atoms with van der Waals surface area (Å²) in [7, 11) is 0. The third-order valence-corrected chi connectivity index (χ3v) is 8.56. The number of nitrogens with zero attached hydrogens (tertiary/aromatic N) is 2. The van der Waals surface area contributed by atoms with Gasteiger partial charge in [0.25, 0.3) is 0 Å². The predicted molar refractivity (Wildman–Crippen MR) is 194 cm³/mol. The van der Waals surface area contributed by atoms with Crippen LogP contribution in [0.25, 0.3) is 22.6 Å². The van der Waals surface area contributed by atoms with Crippen LogP contribution in [-0.2, 0) is 9.59 Å². The molecule has 0 radical (unpaired) electrons. The van der Waals surface area contributed by atoms with E-state index in [1.54, 1.807) is 6.20 Å². The van der Waals surface area contributed by atoms with Gasteiger partial charge in [-0.3, -0.25) is 9.59 Å². The molecule has 6 nitrogen and oxygen atoms in total. The van der Waals surface area contributed by atoms with Crippen LogP contribution in [0, 0.1) is 0 Å². The Balaban J connectivity index is 1.37. The molecule has 0 spiro atoms. The number of nitrogens with one attached hydrogen (secondary N) is 2. The van der Waals surface area contributed by atoms with E-state index >= 15 is 0 Å². The van der Waals surface area contributed by atoms with Gasteiger partial charge in [-0.15, -0.1) is 0 Å². The van der Waals surface area contributed by atoms with Crippen molar-refractivity contribution in [2.75, 3.05) is 10.6 Å². The van der Waals surface area contributed by atoms with Crippen molar-refractivity contribution in [3.63, 3.8) is 0 Å². The quantitative estimate of drug-likeness (QED) is 0.0969. The zero-order valence-corrected chi connectivity index (χ0v) is 28.6. The third kappa shape index (κ3) is 15.2. The average molecular weight is 627 g/mol. The fourth-order valence-corrected chi connectivity index (χ4v) is 5.72. The molecular formula is C40H58N4O2. The summed E-state index contributed by atoms with van der Waals surface area (Å²) >= 11 is 0. The Labute approximate surface area is 278 Å². The van der Waals surface area contributed by atoms with Gasteiger partial charge in [-0.05, 0) is 55.3 Å². The Kier molecular flexibility index (Phi) is 18.4. The molecule has 0 aliphatic carbocycles. The molecule has 0 fully saturated rings. The first-order valence-electron chi connectivity index (χ1n) is 18.2. The van der Waals surface area contributed by atoms with Crippen molar-refractivity contribution < 1.29 is 9.59 Å². The lowest BCUT2D eigenvalue weighted by Crippen LogP contribution is -2.11. The second-order valence-corrected chi connectivity index (χ2v) is 12.7. The van der Waals surface area contributed by atoms with Gasteiger partial charge in [0.1, 0.15) is 0 Å². The van der Waals surface area contributed by atoms with Gasteiger partial charge >= 0.3 is 0 Å². The van der Waals surface area contributed by atoms with Crippen molar-refractivity contribution in [2.45, 2.75) is 142 Å². The van der Waals surface area contributed by atoms with Gasteiger partial charge < -0.3 is 10.6 Å². The first-order chi connectivity index (χ1) is 22.6. The lowest BCUT2D eigenvalue weighted by Gasteiger charge is -2.09. The fraction of sp³-hybridized carbons (Fsp3) is 0.550. The zero-order chi connectivity index (χ0) is 32.7. The molecule has 0 aliphatic rings. The maximum absolute atomic E-state index is 12.4. The monoisotopic (exact) mass is 626 g/mol. The highest BCUT2D eigenvalue weighted by Crippen LogP contribution is 2.24. The van der Waals surface area contributed by atoms with Gasteiger partial charge in [-0.2, -0.15) is 0 Å². The van der Waals surface area contributed by atoms with Crippen LogP contribution in [-0.4, -0.2) is 21.8 Å². The van der Waals surface area contributed by atoms with Gasteiger partial charge in [-0.1, -0.05) is 129 Å². The molecule has 3 rings (SSSR count). The van der Waals surface area contributed by atoms with Crippen LogP contribution >= 0.6 is 0 Å². The van der Waals surface area contributed by atoms with Gasteiger partial charge in [0.05, 0.1) is 5.69 Å². The molecule has 0 bridgehead atoms. The summed E-state index contributed by atoms with van der Waals surface area (Å²) < 4.78 is 0. The van der Waals surface area contributed by atoms with Crippen LogP contribution in [0.4, 0.5) is 11.4 Å². The summed E-state index contributed by atoms with van der Waals surface area (Å²) in [5, 5.41) is 6.05. The second-order valence-electron chi connectivity index (χ2n) is 12.7. The van der Waals surface area contributed by atoms with Gasteiger partial charge in [0.2, 0.25) is 11.8 Å². The number of aromatic nitrogens is 2. The largest absolute Gasteiger partial charge is 0.326 e. The van der Waals surface area contributed by atoms with Crippen molar-refractivity contribution in [3.05, 3.63) is 60.8 Å². The Morgan fingerprint density at radius 2 is 0.891 bits per heavy atom. The highest BCUT2D eigenvalue weighted by molar-refractivity contribution is 5.91. The molecule has 1 aromatic heterocycles. The summed E-state index contributed by atoms with van der Waals surface area (Å²) in [6.45, 7) is 4.50. The lowest BCUT2D eigenvalue weighted by atomic mass is 10.1. The van der Waals surface area contributed by atoms with Crippen molar-refractivity contribution in [1.29, 1.82) is 0 Å². The minimum absolute atomic E-state index is 0.0667. The molecule has 3 aromatic rings. The Bertz CT molecular complexity index is 1160. The van der Waals surface area contributed by atoms with Crippen molar-refractivity contribution in [1.82, 2.24) is 9.97 Å². The lowest BCUT2D eigenvalue weighted by molar-refractivity contribution is -0.117. The Morgan fingerprint density at radius 1 is 0.500 bits per heavy atom. The van der Waals surface area contributed by atoms with E-state index in [0.29, 0.717) is 18.7 Å². The zero-order valence-electron chi connectivity index (χ0n) is 28.6. The summed E-state index contributed by atoms with van der Waals surface area (Å²) in [6, 6.07) is 17.4. The molecule has 6 heteroatoms. The van der Waals surface area contributed by atoms with E-state index < -0.39 is 0 Å². The van der Waals surface area contributed by atoms with E-state index in [9.17, 15) is 9.59 Å². The van der Waals surface area contributed by atoms with Crippen molar-refractivity contribution in [3.8, 4) is 22.6 Å².